The highest BCUT2D eigenvalue weighted by Crippen LogP contribution is 2.24. The van der Waals surface area contributed by atoms with Crippen LogP contribution in [0.15, 0.2) is 42.6 Å². The van der Waals surface area contributed by atoms with Gasteiger partial charge in [-0.05, 0) is 25.1 Å². The summed E-state index contributed by atoms with van der Waals surface area (Å²) in [6.07, 6.45) is 1.40. The number of pyridine rings is 1. The van der Waals surface area contributed by atoms with Gasteiger partial charge in [-0.3, -0.25) is 4.57 Å². The molecule has 5 rings (SSSR count). The summed E-state index contributed by atoms with van der Waals surface area (Å²) < 4.78 is 21.1. The van der Waals surface area contributed by atoms with Crippen molar-refractivity contribution in [1.29, 1.82) is 0 Å². The molecule has 0 amide bonds. The van der Waals surface area contributed by atoms with Crippen molar-refractivity contribution >= 4 is 17.0 Å². The van der Waals surface area contributed by atoms with Crippen molar-refractivity contribution in [1.82, 2.24) is 29.5 Å². The lowest BCUT2D eigenvalue weighted by atomic mass is 10.2. The van der Waals surface area contributed by atoms with Gasteiger partial charge in [-0.1, -0.05) is 12.1 Å². The van der Waals surface area contributed by atoms with Gasteiger partial charge in [-0.25, -0.2) is 9.97 Å². The van der Waals surface area contributed by atoms with E-state index in [1.807, 2.05) is 40.7 Å². The van der Waals surface area contributed by atoms with Gasteiger partial charge in [0, 0.05) is 30.9 Å². The Bertz CT molecular complexity index is 1190. The molecule has 1 fully saturated rings. The molecule has 8 nitrogen and oxygen atoms in total. The molecule has 146 valence electrons. The lowest BCUT2D eigenvalue weighted by molar-refractivity contribution is 0.122. The molecule has 4 heterocycles. The minimum Gasteiger partial charge on any atom is -0.378 e. The highest BCUT2D eigenvalue weighted by atomic mass is 19.1. The van der Waals surface area contributed by atoms with Crippen LogP contribution in [0.2, 0.25) is 0 Å². The SMILES string of the molecule is Cc1nc2ccccc2n1-c1nc(-c2ccnc(F)c2)nc(N2CCOCC2)n1. The molecule has 3 aromatic heterocycles. The van der Waals surface area contributed by atoms with Crippen LogP contribution in [0.1, 0.15) is 5.82 Å². The minimum absolute atomic E-state index is 0.384. The molecular weight excluding hydrogens is 373 g/mol. The number of nitrogens with zero attached hydrogens (tertiary/aromatic N) is 7. The maximum absolute atomic E-state index is 13.7. The van der Waals surface area contributed by atoms with E-state index in [9.17, 15) is 4.39 Å². The first kappa shape index (κ1) is 17.6. The summed E-state index contributed by atoms with van der Waals surface area (Å²) in [5.74, 6) is 1.54. The topological polar surface area (TPSA) is 81.9 Å². The Labute approximate surface area is 166 Å². The van der Waals surface area contributed by atoms with Crippen molar-refractivity contribution in [3.05, 3.63) is 54.4 Å². The van der Waals surface area contributed by atoms with Crippen LogP contribution in [0.25, 0.3) is 28.4 Å². The first-order valence-corrected chi connectivity index (χ1v) is 9.34. The van der Waals surface area contributed by atoms with E-state index < -0.39 is 5.95 Å². The molecule has 0 N–H and O–H groups in total. The molecule has 9 heteroatoms. The fraction of sp³-hybridized carbons (Fsp3) is 0.250. The van der Waals surface area contributed by atoms with Crippen LogP contribution in [0.3, 0.4) is 0 Å². The molecule has 0 radical (unpaired) electrons. The number of rotatable bonds is 3. The molecule has 1 aromatic carbocycles. The first-order chi connectivity index (χ1) is 14.2. The van der Waals surface area contributed by atoms with Crippen molar-refractivity contribution in [2.45, 2.75) is 6.92 Å². The van der Waals surface area contributed by atoms with Crippen LogP contribution < -0.4 is 4.90 Å². The summed E-state index contributed by atoms with van der Waals surface area (Å²) >= 11 is 0. The normalized spacial score (nSPS) is 14.5. The van der Waals surface area contributed by atoms with E-state index in [-0.39, 0.29) is 0 Å². The second-order valence-corrected chi connectivity index (χ2v) is 6.71. The van der Waals surface area contributed by atoms with Crippen molar-refractivity contribution < 1.29 is 9.13 Å². The molecule has 1 aliphatic rings. The zero-order chi connectivity index (χ0) is 19.8. The number of aromatic nitrogens is 6. The second kappa shape index (κ2) is 7.17. The average Bonchev–Trinajstić information content (AvgIpc) is 3.10. The highest BCUT2D eigenvalue weighted by Gasteiger charge is 2.20. The van der Waals surface area contributed by atoms with Crippen LogP contribution in [-0.4, -0.2) is 55.8 Å². The molecule has 0 aliphatic carbocycles. The third kappa shape index (κ3) is 3.29. The number of anilines is 1. The van der Waals surface area contributed by atoms with Gasteiger partial charge in [0.05, 0.1) is 24.2 Å². The van der Waals surface area contributed by atoms with Crippen molar-refractivity contribution in [2.75, 3.05) is 31.2 Å². The fourth-order valence-electron chi connectivity index (χ4n) is 3.43. The van der Waals surface area contributed by atoms with Gasteiger partial charge in [0.2, 0.25) is 17.8 Å². The Morgan fingerprint density at radius 3 is 2.59 bits per heavy atom. The molecular formula is C20H18FN7O. The fourth-order valence-corrected chi connectivity index (χ4v) is 3.43. The summed E-state index contributed by atoms with van der Waals surface area (Å²) in [7, 11) is 0. The van der Waals surface area contributed by atoms with Crippen LogP contribution in [0.4, 0.5) is 10.3 Å². The number of imidazole rings is 1. The quantitative estimate of drug-likeness (QED) is 0.497. The highest BCUT2D eigenvalue weighted by molar-refractivity contribution is 5.77. The van der Waals surface area contributed by atoms with Gasteiger partial charge < -0.3 is 9.64 Å². The summed E-state index contributed by atoms with van der Waals surface area (Å²) in [5.41, 5.74) is 2.29. The van der Waals surface area contributed by atoms with Gasteiger partial charge in [0.15, 0.2) is 5.82 Å². The van der Waals surface area contributed by atoms with Crippen molar-refractivity contribution in [2.24, 2.45) is 0 Å². The number of halogens is 1. The van der Waals surface area contributed by atoms with E-state index in [0.29, 0.717) is 49.6 Å². The maximum atomic E-state index is 13.7. The molecule has 29 heavy (non-hydrogen) atoms. The van der Waals surface area contributed by atoms with E-state index >= 15 is 0 Å². The summed E-state index contributed by atoms with van der Waals surface area (Å²) in [6.45, 7) is 4.47. The number of para-hydroxylation sites is 2. The number of benzene rings is 1. The van der Waals surface area contributed by atoms with E-state index in [1.165, 1.54) is 12.3 Å². The predicted molar refractivity (Wildman–Crippen MR) is 105 cm³/mol. The van der Waals surface area contributed by atoms with Gasteiger partial charge >= 0.3 is 0 Å². The van der Waals surface area contributed by atoms with Gasteiger partial charge in [-0.2, -0.15) is 19.3 Å². The monoisotopic (exact) mass is 391 g/mol. The Morgan fingerprint density at radius 2 is 1.76 bits per heavy atom. The predicted octanol–water partition coefficient (Wildman–Crippen LogP) is 2.56. The molecule has 0 spiro atoms. The average molecular weight is 391 g/mol. The summed E-state index contributed by atoms with van der Waals surface area (Å²) in [5, 5.41) is 0. The summed E-state index contributed by atoms with van der Waals surface area (Å²) in [6, 6.07) is 10.8. The standard InChI is InChI=1S/C20H18FN7O/c1-13-23-15-4-2-3-5-16(15)28(13)20-25-18(14-6-7-22-17(21)12-14)24-19(26-20)27-8-10-29-11-9-27/h2-7,12H,8-11H2,1H3. The Hall–Kier alpha value is -3.46. The maximum Gasteiger partial charge on any atom is 0.241 e. The lowest BCUT2D eigenvalue weighted by Crippen LogP contribution is -2.37. The number of hydrogen-bond donors (Lipinski definition) is 0. The van der Waals surface area contributed by atoms with Crippen molar-refractivity contribution in [3.63, 3.8) is 0 Å². The molecule has 0 unspecified atom stereocenters. The van der Waals surface area contributed by atoms with E-state index in [4.69, 9.17) is 9.72 Å². The number of fused-ring (bicyclic) bond motifs is 1. The Kier molecular flexibility index (Phi) is 4.36. The first-order valence-electron chi connectivity index (χ1n) is 9.34. The minimum atomic E-state index is -0.582. The van der Waals surface area contributed by atoms with Gasteiger partial charge in [0.1, 0.15) is 5.82 Å². The van der Waals surface area contributed by atoms with Crippen LogP contribution in [0, 0.1) is 12.9 Å². The molecule has 0 saturated carbocycles. The molecule has 1 saturated heterocycles. The zero-order valence-corrected chi connectivity index (χ0v) is 15.8. The van der Waals surface area contributed by atoms with E-state index in [2.05, 4.69) is 19.9 Å². The van der Waals surface area contributed by atoms with Gasteiger partial charge in [-0.15, -0.1) is 0 Å². The summed E-state index contributed by atoms with van der Waals surface area (Å²) in [4.78, 5) is 24.2. The second-order valence-electron chi connectivity index (χ2n) is 6.71. The third-order valence-corrected chi connectivity index (χ3v) is 4.82. The molecule has 0 bridgehead atoms. The van der Waals surface area contributed by atoms with Crippen LogP contribution in [-0.2, 0) is 4.74 Å². The smallest absolute Gasteiger partial charge is 0.241 e. The number of aryl methyl sites for hydroxylation is 1. The Morgan fingerprint density at radius 1 is 0.966 bits per heavy atom. The van der Waals surface area contributed by atoms with E-state index in [0.717, 1.165) is 16.9 Å². The lowest BCUT2D eigenvalue weighted by Gasteiger charge is -2.27. The van der Waals surface area contributed by atoms with Gasteiger partial charge in [0.25, 0.3) is 0 Å². The molecule has 4 aromatic rings. The zero-order valence-electron chi connectivity index (χ0n) is 15.8. The Balaban J connectivity index is 1.71. The van der Waals surface area contributed by atoms with Crippen molar-refractivity contribution in [3.8, 4) is 17.3 Å². The van der Waals surface area contributed by atoms with Crippen LogP contribution >= 0.6 is 0 Å². The van der Waals surface area contributed by atoms with Crippen LogP contribution in [0.5, 0.6) is 0 Å². The number of ether oxygens (including phenoxy) is 1. The number of hydrogen-bond acceptors (Lipinski definition) is 7. The molecule has 0 atom stereocenters. The number of morpholine rings is 1. The largest absolute Gasteiger partial charge is 0.378 e. The molecule has 1 aliphatic heterocycles. The van der Waals surface area contributed by atoms with E-state index in [1.54, 1.807) is 6.07 Å². The third-order valence-electron chi connectivity index (χ3n) is 4.82.